The summed E-state index contributed by atoms with van der Waals surface area (Å²) in [5, 5.41) is 3.32. The molecule has 0 amide bonds. The molecular formula is C16H34N4. The minimum Gasteiger partial charge on any atom is -0.370 e. The number of hydrogen-bond acceptors (Lipinski definition) is 2. The molecule has 3 N–H and O–H groups in total. The topological polar surface area (TPSA) is 53.6 Å². The normalized spacial score (nSPS) is 21.4. The molecule has 0 bridgehead atoms. The second kappa shape index (κ2) is 8.50. The largest absolute Gasteiger partial charge is 0.370 e. The van der Waals surface area contributed by atoms with Crippen LogP contribution in [0.15, 0.2) is 4.99 Å². The van der Waals surface area contributed by atoms with Gasteiger partial charge in [0.1, 0.15) is 0 Å². The van der Waals surface area contributed by atoms with Gasteiger partial charge in [-0.1, -0.05) is 27.7 Å². The van der Waals surface area contributed by atoms with Gasteiger partial charge in [0.05, 0.1) is 0 Å². The van der Waals surface area contributed by atoms with Crippen molar-refractivity contribution < 1.29 is 0 Å². The molecule has 1 fully saturated rings. The summed E-state index contributed by atoms with van der Waals surface area (Å²) in [6, 6.07) is 0.627. The van der Waals surface area contributed by atoms with E-state index in [1.165, 1.54) is 38.6 Å². The Bertz CT molecular complexity index is 289. The summed E-state index contributed by atoms with van der Waals surface area (Å²) in [4.78, 5) is 7.11. The minimum atomic E-state index is 0.328. The molecule has 20 heavy (non-hydrogen) atoms. The molecule has 0 aromatic rings. The van der Waals surface area contributed by atoms with E-state index >= 15 is 0 Å². The number of aliphatic imine (C=N–C) groups is 1. The van der Waals surface area contributed by atoms with Crippen molar-refractivity contribution in [3.8, 4) is 0 Å². The molecule has 1 unspecified atom stereocenters. The minimum absolute atomic E-state index is 0.328. The molecule has 0 saturated carbocycles. The van der Waals surface area contributed by atoms with Crippen LogP contribution in [0.5, 0.6) is 0 Å². The second-order valence-electron chi connectivity index (χ2n) is 6.07. The monoisotopic (exact) mass is 282 g/mol. The fourth-order valence-electron chi connectivity index (χ4n) is 3.16. The third-order valence-electron chi connectivity index (χ3n) is 5.26. The Labute approximate surface area is 125 Å². The van der Waals surface area contributed by atoms with Gasteiger partial charge >= 0.3 is 0 Å². The van der Waals surface area contributed by atoms with Crippen LogP contribution in [0.3, 0.4) is 0 Å². The smallest absolute Gasteiger partial charge is 0.188 e. The molecular weight excluding hydrogens is 248 g/mol. The predicted molar refractivity (Wildman–Crippen MR) is 88.1 cm³/mol. The number of nitrogens with two attached hydrogens (primary N) is 1. The lowest BCUT2D eigenvalue weighted by Crippen LogP contribution is -2.43. The SMILES string of the molecule is CCN1CCCC1CNC(N)=NCC(CC)(CC)CC. The average molecular weight is 282 g/mol. The first-order valence-corrected chi connectivity index (χ1v) is 8.38. The highest BCUT2D eigenvalue weighted by Gasteiger charge is 2.24. The number of guanidine groups is 1. The lowest BCUT2D eigenvalue weighted by Gasteiger charge is -2.28. The van der Waals surface area contributed by atoms with Crippen molar-refractivity contribution in [3.63, 3.8) is 0 Å². The summed E-state index contributed by atoms with van der Waals surface area (Å²) in [7, 11) is 0. The van der Waals surface area contributed by atoms with Crippen molar-refractivity contribution in [1.29, 1.82) is 0 Å². The van der Waals surface area contributed by atoms with E-state index in [1.54, 1.807) is 0 Å². The van der Waals surface area contributed by atoms with Gasteiger partial charge in [-0.15, -0.1) is 0 Å². The molecule has 0 radical (unpaired) electrons. The number of rotatable bonds is 8. The first-order chi connectivity index (χ1) is 9.60. The maximum absolute atomic E-state index is 6.03. The van der Waals surface area contributed by atoms with E-state index in [1.807, 2.05) is 0 Å². The van der Waals surface area contributed by atoms with E-state index in [2.05, 4.69) is 42.9 Å². The molecule has 118 valence electrons. The van der Waals surface area contributed by atoms with Gasteiger partial charge in [-0.3, -0.25) is 9.89 Å². The molecule has 1 aliphatic heterocycles. The molecule has 0 aliphatic carbocycles. The molecule has 0 aromatic carbocycles. The summed E-state index contributed by atoms with van der Waals surface area (Å²) in [6.45, 7) is 13.1. The van der Waals surface area contributed by atoms with Gasteiger partial charge in [0, 0.05) is 19.1 Å². The molecule has 4 heteroatoms. The number of likely N-dealkylation sites (N-methyl/N-ethyl adjacent to an activating group) is 1. The van der Waals surface area contributed by atoms with E-state index < -0.39 is 0 Å². The zero-order valence-electron chi connectivity index (χ0n) is 13.9. The fraction of sp³-hybridized carbons (Fsp3) is 0.938. The van der Waals surface area contributed by atoms with E-state index in [0.717, 1.165) is 19.6 Å². The van der Waals surface area contributed by atoms with Crippen molar-refractivity contribution >= 4 is 5.96 Å². The van der Waals surface area contributed by atoms with Crippen LogP contribution in [0.25, 0.3) is 0 Å². The molecule has 0 spiro atoms. The Kier molecular flexibility index (Phi) is 7.35. The zero-order chi connectivity index (χ0) is 15.0. The maximum atomic E-state index is 6.03. The van der Waals surface area contributed by atoms with Crippen LogP contribution in [-0.2, 0) is 0 Å². The molecule has 1 rings (SSSR count). The molecule has 4 nitrogen and oxygen atoms in total. The molecule has 1 heterocycles. The number of nitrogens with one attached hydrogen (secondary N) is 1. The quantitative estimate of drug-likeness (QED) is 0.531. The standard InChI is InChI=1S/C16H34N4/c1-5-16(6-2,7-3)13-19-15(17)18-12-14-10-9-11-20(14)8-4/h14H,5-13H2,1-4H3,(H3,17,18,19). The Hall–Kier alpha value is -0.770. The van der Waals surface area contributed by atoms with Gasteiger partial charge in [0.15, 0.2) is 5.96 Å². The number of likely N-dealkylation sites (tertiary alicyclic amines) is 1. The van der Waals surface area contributed by atoms with E-state index in [-0.39, 0.29) is 0 Å². The van der Waals surface area contributed by atoms with E-state index in [9.17, 15) is 0 Å². The first kappa shape index (κ1) is 17.3. The van der Waals surface area contributed by atoms with Gasteiger partial charge in [-0.05, 0) is 50.6 Å². The summed E-state index contributed by atoms with van der Waals surface area (Å²) >= 11 is 0. The summed E-state index contributed by atoms with van der Waals surface area (Å²) in [6.07, 6.45) is 6.09. The van der Waals surface area contributed by atoms with Crippen molar-refractivity contribution in [2.75, 3.05) is 26.2 Å². The highest BCUT2D eigenvalue weighted by molar-refractivity contribution is 5.77. The lowest BCUT2D eigenvalue weighted by molar-refractivity contribution is 0.261. The van der Waals surface area contributed by atoms with Crippen molar-refractivity contribution in [3.05, 3.63) is 0 Å². The van der Waals surface area contributed by atoms with Crippen LogP contribution in [0.1, 0.15) is 59.8 Å². The fourth-order valence-corrected chi connectivity index (χ4v) is 3.16. The van der Waals surface area contributed by atoms with Gasteiger partial charge < -0.3 is 11.1 Å². The third kappa shape index (κ3) is 4.65. The van der Waals surface area contributed by atoms with Crippen molar-refractivity contribution in [1.82, 2.24) is 10.2 Å². The Morgan fingerprint density at radius 3 is 2.45 bits per heavy atom. The van der Waals surface area contributed by atoms with Gasteiger partial charge in [-0.25, -0.2) is 0 Å². The van der Waals surface area contributed by atoms with Crippen molar-refractivity contribution in [2.24, 2.45) is 16.1 Å². The van der Waals surface area contributed by atoms with Gasteiger partial charge in [0.25, 0.3) is 0 Å². The molecule has 1 atom stereocenters. The average Bonchev–Trinajstić information content (AvgIpc) is 2.94. The molecule has 0 aromatic heterocycles. The van der Waals surface area contributed by atoms with Gasteiger partial charge in [-0.2, -0.15) is 0 Å². The molecule has 1 aliphatic rings. The highest BCUT2D eigenvalue weighted by atomic mass is 15.2. The van der Waals surface area contributed by atoms with Gasteiger partial charge in [0.2, 0.25) is 0 Å². The predicted octanol–water partition coefficient (Wildman–Crippen LogP) is 2.59. The third-order valence-corrected chi connectivity index (χ3v) is 5.26. The summed E-state index contributed by atoms with van der Waals surface area (Å²) in [5.41, 5.74) is 6.36. The van der Waals surface area contributed by atoms with E-state index in [4.69, 9.17) is 5.73 Å². The summed E-state index contributed by atoms with van der Waals surface area (Å²) in [5.74, 6) is 0.618. The second-order valence-corrected chi connectivity index (χ2v) is 6.07. The van der Waals surface area contributed by atoms with Crippen LogP contribution in [-0.4, -0.2) is 43.1 Å². The number of nitrogens with zero attached hydrogens (tertiary/aromatic N) is 2. The Morgan fingerprint density at radius 2 is 1.90 bits per heavy atom. The number of hydrogen-bond donors (Lipinski definition) is 2. The van der Waals surface area contributed by atoms with Crippen LogP contribution >= 0.6 is 0 Å². The van der Waals surface area contributed by atoms with E-state index in [0.29, 0.717) is 17.4 Å². The molecule has 1 saturated heterocycles. The highest BCUT2D eigenvalue weighted by Crippen LogP contribution is 2.30. The van der Waals surface area contributed by atoms with Crippen LogP contribution in [0, 0.1) is 5.41 Å². The van der Waals surface area contributed by atoms with Crippen molar-refractivity contribution in [2.45, 2.75) is 65.8 Å². The Morgan fingerprint density at radius 1 is 1.25 bits per heavy atom. The summed E-state index contributed by atoms with van der Waals surface area (Å²) < 4.78 is 0. The van der Waals surface area contributed by atoms with Crippen LogP contribution in [0.2, 0.25) is 0 Å². The van der Waals surface area contributed by atoms with Crippen LogP contribution < -0.4 is 11.1 Å². The maximum Gasteiger partial charge on any atom is 0.188 e. The first-order valence-electron chi connectivity index (χ1n) is 8.38. The Balaban J connectivity index is 2.41. The zero-order valence-corrected chi connectivity index (χ0v) is 13.9. The van der Waals surface area contributed by atoms with Crippen LogP contribution in [0.4, 0.5) is 0 Å². The lowest BCUT2D eigenvalue weighted by atomic mass is 9.80.